The van der Waals surface area contributed by atoms with E-state index in [2.05, 4.69) is 36.7 Å². The lowest BCUT2D eigenvalue weighted by atomic mass is 9.88. The smallest absolute Gasteiger partial charge is 0.395 e. The first kappa shape index (κ1) is 24.4. The second-order valence-corrected chi connectivity index (χ2v) is 9.78. The van der Waals surface area contributed by atoms with Crippen LogP contribution in [0.4, 0.5) is 17.6 Å². The predicted molar refractivity (Wildman–Crippen MR) is 112 cm³/mol. The number of rotatable bonds is 6. The average molecular weight is 447 g/mol. The Balaban J connectivity index is 1.70. The van der Waals surface area contributed by atoms with E-state index < -0.39 is 30.2 Å². The molecule has 2 aliphatic heterocycles. The summed E-state index contributed by atoms with van der Waals surface area (Å²) in [7, 11) is 0. The SMILES string of the molecule is CC(C)(C)C[C@H](CO)NC1NCNC(N2CCCC2c2ccc(C(F)(F)F)cc2)C1F. The molecule has 2 fully saturated rings. The molecule has 9 heteroatoms. The zero-order chi connectivity index (χ0) is 22.8. The Morgan fingerprint density at radius 3 is 2.42 bits per heavy atom. The molecule has 5 nitrogen and oxygen atoms in total. The molecular weight excluding hydrogens is 412 g/mol. The van der Waals surface area contributed by atoms with Crippen molar-refractivity contribution in [2.45, 2.75) is 76.8 Å². The van der Waals surface area contributed by atoms with Crippen molar-refractivity contribution in [3.63, 3.8) is 0 Å². The van der Waals surface area contributed by atoms with Crippen LogP contribution < -0.4 is 16.0 Å². The molecule has 4 unspecified atom stereocenters. The van der Waals surface area contributed by atoms with Crippen molar-refractivity contribution in [3.8, 4) is 0 Å². The molecule has 0 saturated carbocycles. The topological polar surface area (TPSA) is 59.6 Å². The van der Waals surface area contributed by atoms with Crippen LogP contribution in [0.15, 0.2) is 24.3 Å². The number of aliphatic hydroxyl groups excluding tert-OH is 1. The van der Waals surface area contributed by atoms with Crippen molar-refractivity contribution in [1.82, 2.24) is 20.9 Å². The molecule has 0 aliphatic carbocycles. The summed E-state index contributed by atoms with van der Waals surface area (Å²) in [6.07, 6.45) is -4.54. The fourth-order valence-electron chi connectivity index (χ4n) is 4.68. The van der Waals surface area contributed by atoms with Crippen LogP contribution in [-0.2, 0) is 6.18 Å². The van der Waals surface area contributed by atoms with Crippen LogP contribution in [0, 0.1) is 5.41 Å². The van der Waals surface area contributed by atoms with Crippen LogP contribution >= 0.6 is 0 Å². The van der Waals surface area contributed by atoms with Crippen molar-refractivity contribution in [1.29, 1.82) is 0 Å². The number of nitrogens with zero attached hydrogens (tertiary/aromatic N) is 1. The van der Waals surface area contributed by atoms with Crippen LogP contribution in [0.5, 0.6) is 0 Å². The Morgan fingerprint density at radius 1 is 1.16 bits per heavy atom. The van der Waals surface area contributed by atoms with Gasteiger partial charge in [0.15, 0.2) is 6.17 Å². The van der Waals surface area contributed by atoms with E-state index in [1.165, 1.54) is 12.1 Å². The molecule has 176 valence electrons. The van der Waals surface area contributed by atoms with Gasteiger partial charge in [0, 0.05) is 25.3 Å². The largest absolute Gasteiger partial charge is 0.416 e. The average Bonchev–Trinajstić information content (AvgIpc) is 3.17. The van der Waals surface area contributed by atoms with Gasteiger partial charge in [0.25, 0.3) is 0 Å². The maximum absolute atomic E-state index is 15.5. The molecule has 2 aliphatic rings. The highest BCUT2D eigenvalue weighted by Crippen LogP contribution is 2.37. The summed E-state index contributed by atoms with van der Waals surface area (Å²) in [5.74, 6) is 0. The molecule has 0 aromatic heterocycles. The Kier molecular flexibility index (Phi) is 7.63. The van der Waals surface area contributed by atoms with Gasteiger partial charge in [-0.25, -0.2) is 4.39 Å². The van der Waals surface area contributed by atoms with Crippen LogP contribution in [0.2, 0.25) is 0 Å². The molecule has 5 atom stereocenters. The van der Waals surface area contributed by atoms with Crippen LogP contribution in [0.1, 0.15) is 57.2 Å². The maximum atomic E-state index is 15.5. The number of likely N-dealkylation sites (tertiary alicyclic amines) is 1. The predicted octanol–water partition coefficient (Wildman–Crippen LogP) is 3.37. The Morgan fingerprint density at radius 2 is 1.84 bits per heavy atom. The summed E-state index contributed by atoms with van der Waals surface area (Å²) < 4.78 is 54.2. The standard InChI is InChI=1S/C22H34F4N4O/c1-21(2,3)11-16(12-31)29-19-18(23)20(28-13-27-19)30-10-4-5-17(30)14-6-8-15(9-7-14)22(24,25)26/h6-9,16-20,27-29,31H,4-5,10-13H2,1-3H3/t16-,17?,18?,19?,20?/m1/s1. The van der Waals surface area contributed by atoms with E-state index in [1.54, 1.807) is 0 Å². The fourth-order valence-corrected chi connectivity index (χ4v) is 4.68. The highest BCUT2D eigenvalue weighted by atomic mass is 19.4. The van der Waals surface area contributed by atoms with Crippen molar-refractivity contribution < 1.29 is 22.7 Å². The molecule has 4 N–H and O–H groups in total. The van der Waals surface area contributed by atoms with E-state index in [0.29, 0.717) is 19.6 Å². The van der Waals surface area contributed by atoms with Gasteiger partial charge in [-0.15, -0.1) is 0 Å². The highest BCUT2D eigenvalue weighted by molar-refractivity contribution is 5.27. The van der Waals surface area contributed by atoms with Gasteiger partial charge < -0.3 is 5.11 Å². The van der Waals surface area contributed by atoms with Crippen LogP contribution in [0.25, 0.3) is 0 Å². The molecule has 2 heterocycles. The Hall–Kier alpha value is -1.26. The maximum Gasteiger partial charge on any atom is 0.416 e. The second-order valence-electron chi connectivity index (χ2n) is 9.78. The number of nitrogens with one attached hydrogen (secondary N) is 3. The summed E-state index contributed by atoms with van der Waals surface area (Å²) in [6.45, 7) is 7.19. The van der Waals surface area contributed by atoms with Gasteiger partial charge in [0.2, 0.25) is 0 Å². The van der Waals surface area contributed by atoms with Crippen molar-refractivity contribution in [2.75, 3.05) is 19.8 Å². The molecule has 3 rings (SSSR count). The molecule has 0 bridgehead atoms. The lowest BCUT2D eigenvalue weighted by Crippen LogP contribution is -2.69. The minimum Gasteiger partial charge on any atom is -0.395 e. The first-order valence-electron chi connectivity index (χ1n) is 10.9. The van der Waals surface area contributed by atoms with Gasteiger partial charge >= 0.3 is 6.18 Å². The summed E-state index contributed by atoms with van der Waals surface area (Å²) in [4.78, 5) is 2.01. The zero-order valence-corrected chi connectivity index (χ0v) is 18.3. The second kappa shape index (κ2) is 9.70. The van der Waals surface area contributed by atoms with E-state index in [-0.39, 0.29) is 24.1 Å². The van der Waals surface area contributed by atoms with Gasteiger partial charge in [-0.3, -0.25) is 20.9 Å². The van der Waals surface area contributed by atoms with Gasteiger partial charge in [-0.05, 0) is 42.4 Å². The van der Waals surface area contributed by atoms with E-state index in [1.807, 2.05) is 4.90 Å². The molecule has 2 saturated heterocycles. The first-order chi connectivity index (χ1) is 14.5. The van der Waals surface area contributed by atoms with Crippen LogP contribution in [-0.4, -0.2) is 54.4 Å². The highest BCUT2D eigenvalue weighted by Gasteiger charge is 2.42. The van der Waals surface area contributed by atoms with Crippen molar-refractivity contribution >= 4 is 0 Å². The van der Waals surface area contributed by atoms with E-state index in [4.69, 9.17) is 0 Å². The molecule has 1 aromatic carbocycles. The minimum atomic E-state index is -4.37. The molecule has 0 radical (unpaired) electrons. The zero-order valence-electron chi connectivity index (χ0n) is 18.3. The molecule has 1 aromatic rings. The number of aliphatic hydroxyl groups is 1. The Bertz CT molecular complexity index is 707. The third-order valence-electron chi connectivity index (χ3n) is 6.02. The van der Waals surface area contributed by atoms with E-state index in [9.17, 15) is 18.3 Å². The first-order valence-corrected chi connectivity index (χ1v) is 10.9. The van der Waals surface area contributed by atoms with Gasteiger partial charge in [-0.2, -0.15) is 13.2 Å². The van der Waals surface area contributed by atoms with Gasteiger partial charge in [0.05, 0.1) is 24.5 Å². The number of halogens is 4. The normalized spacial score (nSPS) is 29.3. The van der Waals surface area contributed by atoms with E-state index >= 15 is 4.39 Å². The minimum absolute atomic E-state index is 0.0127. The lowest BCUT2D eigenvalue weighted by Gasteiger charge is -2.43. The monoisotopic (exact) mass is 446 g/mol. The van der Waals surface area contributed by atoms with Crippen molar-refractivity contribution in [2.24, 2.45) is 5.41 Å². The summed E-state index contributed by atoms with van der Waals surface area (Å²) in [5.41, 5.74) is 0.0760. The van der Waals surface area contributed by atoms with Crippen LogP contribution in [0.3, 0.4) is 0 Å². The Labute approximate surface area is 181 Å². The number of benzene rings is 1. The van der Waals surface area contributed by atoms with Crippen molar-refractivity contribution in [3.05, 3.63) is 35.4 Å². The summed E-state index contributed by atoms with van der Waals surface area (Å²) in [5, 5.41) is 19.2. The molecular formula is C22H34F4N4O. The quantitative estimate of drug-likeness (QED) is 0.505. The fraction of sp³-hybridized carbons (Fsp3) is 0.727. The third-order valence-corrected chi connectivity index (χ3v) is 6.02. The summed E-state index contributed by atoms with van der Waals surface area (Å²) in [6, 6.07) is 4.81. The number of hydrogen-bond donors (Lipinski definition) is 4. The van der Waals surface area contributed by atoms with Gasteiger partial charge in [-0.1, -0.05) is 32.9 Å². The molecule has 31 heavy (non-hydrogen) atoms. The summed E-state index contributed by atoms with van der Waals surface area (Å²) >= 11 is 0. The van der Waals surface area contributed by atoms with E-state index in [0.717, 1.165) is 30.5 Å². The number of alkyl halides is 4. The molecule has 0 spiro atoms. The lowest BCUT2D eigenvalue weighted by molar-refractivity contribution is -0.137. The molecule has 0 amide bonds. The number of hydrogen-bond acceptors (Lipinski definition) is 5. The van der Waals surface area contributed by atoms with Gasteiger partial charge in [0.1, 0.15) is 0 Å². The third kappa shape index (κ3) is 6.16.